The molecule has 0 aliphatic heterocycles. The monoisotopic (exact) mass is 245 g/mol. The normalized spacial score (nSPS) is 17.3. The van der Waals surface area contributed by atoms with Crippen molar-refractivity contribution in [3.63, 3.8) is 0 Å². The first-order valence-electron chi connectivity index (χ1n) is 6.69. The predicted molar refractivity (Wildman–Crippen MR) is 68.3 cm³/mol. The molecule has 1 atom stereocenters. The summed E-state index contributed by atoms with van der Waals surface area (Å²) in [5, 5.41) is 3.43. The fourth-order valence-corrected chi connectivity index (χ4v) is 1.77. The molecule has 4 nitrogen and oxygen atoms in total. The fraction of sp³-hybridized carbons (Fsp3) is 1.00. The first-order chi connectivity index (χ1) is 8.34. The topological polar surface area (TPSA) is 39.7 Å². The van der Waals surface area contributed by atoms with Crippen molar-refractivity contribution in [1.29, 1.82) is 0 Å². The number of nitrogens with one attached hydrogen (secondary N) is 1. The van der Waals surface area contributed by atoms with Crippen molar-refractivity contribution >= 4 is 0 Å². The van der Waals surface area contributed by atoms with Crippen molar-refractivity contribution in [2.45, 2.75) is 19.8 Å². The van der Waals surface area contributed by atoms with Gasteiger partial charge in [0.1, 0.15) is 0 Å². The summed E-state index contributed by atoms with van der Waals surface area (Å²) in [6, 6.07) is 0. The van der Waals surface area contributed by atoms with E-state index >= 15 is 0 Å². The molecule has 0 radical (unpaired) electrons. The summed E-state index contributed by atoms with van der Waals surface area (Å²) in [7, 11) is 1.67. The molecule has 0 aromatic carbocycles. The summed E-state index contributed by atoms with van der Waals surface area (Å²) in [5.74, 6) is 1.81. The van der Waals surface area contributed by atoms with Gasteiger partial charge in [0.05, 0.1) is 33.0 Å². The van der Waals surface area contributed by atoms with E-state index in [4.69, 9.17) is 14.2 Å². The molecule has 102 valence electrons. The number of hydrogen-bond acceptors (Lipinski definition) is 4. The highest BCUT2D eigenvalue weighted by molar-refractivity contribution is 4.79. The van der Waals surface area contributed by atoms with Gasteiger partial charge < -0.3 is 19.5 Å². The Morgan fingerprint density at radius 3 is 2.35 bits per heavy atom. The quantitative estimate of drug-likeness (QED) is 0.526. The summed E-state index contributed by atoms with van der Waals surface area (Å²) >= 11 is 0. The van der Waals surface area contributed by atoms with Crippen LogP contribution in [0.4, 0.5) is 0 Å². The second-order valence-electron chi connectivity index (χ2n) is 4.74. The molecule has 1 fully saturated rings. The lowest BCUT2D eigenvalue weighted by atomic mass is 10.1. The summed E-state index contributed by atoms with van der Waals surface area (Å²) in [5.41, 5.74) is 0. The zero-order valence-corrected chi connectivity index (χ0v) is 11.2. The zero-order chi connectivity index (χ0) is 12.3. The standard InChI is InChI=1S/C13H27NO3/c1-12(13-3-4-13)11-14-5-6-16-9-10-17-8-7-15-2/h12-14H,3-11H2,1-2H3. The second-order valence-corrected chi connectivity index (χ2v) is 4.74. The number of ether oxygens (including phenoxy) is 3. The van der Waals surface area contributed by atoms with Gasteiger partial charge in [-0.25, -0.2) is 0 Å². The third-order valence-electron chi connectivity index (χ3n) is 3.12. The van der Waals surface area contributed by atoms with Crippen molar-refractivity contribution in [1.82, 2.24) is 5.32 Å². The molecule has 0 amide bonds. The molecular formula is C13H27NO3. The molecule has 0 spiro atoms. The van der Waals surface area contributed by atoms with Crippen molar-refractivity contribution in [2.75, 3.05) is 53.2 Å². The molecule has 0 aromatic heterocycles. The number of hydrogen-bond donors (Lipinski definition) is 1. The van der Waals surface area contributed by atoms with Crippen molar-refractivity contribution in [3.05, 3.63) is 0 Å². The van der Waals surface area contributed by atoms with Gasteiger partial charge in [-0.1, -0.05) is 6.92 Å². The minimum Gasteiger partial charge on any atom is -0.382 e. The highest BCUT2D eigenvalue weighted by Gasteiger charge is 2.27. The Morgan fingerprint density at radius 1 is 1.06 bits per heavy atom. The van der Waals surface area contributed by atoms with Gasteiger partial charge in [0.25, 0.3) is 0 Å². The average Bonchev–Trinajstić information content (AvgIpc) is 3.15. The smallest absolute Gasteiger partial charge is 0.0701 e. The molecule has 0 aromatic rings. The average molecular weight is 245 g/mol. The van der Waals surface area contributed by atoms with E-state index in [1.54, 1.807) is 7.11 Å². The first-order valence-corrected chi connectivity index (χ1v) is 6.69. The van der Waals surface area contributed by atoms with Crippen LogP contribution in [0, 0.1) is 11.8 Å². The lowest BCUT2D eigenvalue weighted by Crippen LogP contribution is -2.26. The highest BCUT2D eigenvalue weighted by Crippen LogP contribution is 2.35. The Hall–Kier alpha value is -0.160. The van der Waals surface area contributed by atoms with Crippen molar-refractivity contribution in [3.8, 4) is 0 Å². The molecule has 1 aliphatic carbocycles. The van der Waals surface area contributed by atoms with Crippen LogP contribution in [0.3, 0.4) is 0 Å². The van der Waals surface area contributed by atoms with Crippen molar-refractivity contribution < 1.29 is 14.2 Å². The molecule has 1 aliphatic rings. The highest BCUT2D eigenvalue weighted by atomic mass is 16.5. The summed E-state index contributed by atoms with van der Waals surface area (Å²) < 4.78 is 15.6. The van der Waals surface area contributed by atoms with Crippen LogP contribution in [0.1, 0.15) is 19.8 Å². The maximum Gasteiger partial charge on any atom is 0.0701 e. The molecular weight excluding hydrogens is 218 g/mol. The van der Waals surface area contributed by atoms with Crippen LogP contribution in [0.15, 0.2) is 0 Å². The SMILES string of the molecule is COCCOCCOCCNCC(C)C1CC1. The zero-order valence-electron chi connectivity index (χ0n) is 11.2. The Bertz CT molecular complexity index is 174. The molecule has 4 heteroatoms. The van der Waals surface area contributed by atoms with Crippen LogP contribution in [0.5, 0.6) is 0 Å². The van der Waals surface area contributed by atoms with E-state index in [1.807, 2.05) is 0 Å². The molecule has 1 unspecified atom stereocenters. The van der Waals surface area contributed by atoms with Gasteiger partial charge in [-0.05, 0) is 31.2 Å². The van der Waals surface area contributed by atoms with Gasteiger partial charge in [0.15, 0.2) is 0 Å². The Labute approximate surface area is 105 Å². The van der Waals surface area contributed by atoms with Crippen LogP contribution < -0.4 is 5.32 Å². The minimum atomic E-state index is 0.650. The maximum atomic E-state index is 5.44. The van der Waals surface area contributed by atoms with E-state index in [-0.39, 0.29) is 0 Å². The fourth-order valence-electron chi connectivity index (χ4n) is 1.77. The van der Waals surface area contributed by atoms with E-state index in [2.05, 4.69) is 12.2 Å². The van der Waals surface area contributed by atoms with Gasteiger partial charge in [0.2, 0.25) is 0 Å². The lowest BCUT2D eigenvalue weighted by Gasteiger charge is -2.11. The summed E-state index contributed by atoms with van der Waals surface area (Å²) in [4.78, 5) is 0. The van der Waals surface area contributed by atoms with E-state index in [1.165, 1.54) is 12.8 Å². The van der Waals surface area contributed by atoms with Gasteiger partial charge in [-0.2, -0.15) is 0 Å². The van der Waals surface area contributed by atoms with Crippen molar-refractivity contribution in [2.24, 2.45) is 11.8 Å². The second kappa shape index (κ2) is 9.83. The third kappa shape index (κ3) is 8.55. The van der Waals surface area contributed by atoms with Gasteiger partial charge in [0, 0.05) is 13.7 Å². The van der Waals surface area contributed by atoms with E-state index in [0.717, 1.165) is 31.5 Å². The molecule has 0 saturated heterocycles. The lowest BCUT2D eigenvalue weighted by molar-refractivity contribution is 0.0255. The van der Waals surface area contributed by atoms with E-state index < -0.39 is 0 Å². The van der Waals surface area contributed by atoms with Gasteiger partial charge in [-0.15, -0.1) is 0 Å². The van der Waals surface area contributed by atoms with Crippen LogP contribution in [0.25, 0.3) is 0 Å². The minimum absolute atomic E-state index is 0.650. The van der Waals surface area contributed by atoms with E-state index in [0.29, 0.717) is 26.4 Å². The summed E-state index contributed by atoms with van der Waals surface area (Å²) in [6.07, 6.45) is 2.86. The third-order valence-corrected chi connectivity index (χ3v) is 3.12. The Kier molecular flexibility index (Phi) is 8.61. The maximum absolute atomic E-state index is 5.44. The van der Waals surface area contributed by atoms with Crippen LogP contribution in [0.2, 0.25) is 0 Å². The van der Waals surface area contributed by atoms with Crippen LogP contribution in [-0.4, -0.2) is 53.2 Å². The molecule has 17 heavy (non-hydrogen) atoms. The molecule has 1 saturated carbocycles. The van der Waals surface area contributed by atoms with Gasteiger partial charge in [-0.3, -0.25) is 0 Å². The molecule has 0 heterocycles. The first kappa shape index (κ1) is 14.9. The Morgan fingerprint density at radius 2 is 1.71 bits per heavy atom. The Balaban J connectivity index is 1.69. The molecule has 1 N–H and O–H groups in total. The summed E-state index contributed by atoms with van der Waals surface area (Å²) in [6.45, 7) is 7.79. The predicted octanol–water partition coefficient (Wildman–Crippen LogP) is 1.30. The van der Waals surface area contributed by atoms with Crippen LogP contribution >= 0.6 is 0 Å². The largest absolute Gasteiger partial charge is 0.382 e. The van der Waals surface area contributed by atoms with Crippen LogP contribution in [-0.2, 0) is 14.2 Å². The van der Waals surface area contributed by atoms with Gasteiger partial charge >= 0.3 is 0 Å². The number of methoxy groups -OCH3 is 1. The number of rotatable bonds is 12. The van der Waals surface area contributed by atoms with E-state index in [9.17, 15) is 0 Å². The molecule has 1 rings (SSSR count). The molecule has 0 bridgehead atoms.